The topological polar surface area (TPSA) is 60.5 Å². The van der Waals surface area contributed by atoms with Crippen molar-refractivity contribution in [2.24, 2.45) is 0 Å². The van der Waals surface area contributed by atoms with E-state index in [-0.39, 0.29) is 12.0 Å². The van der Waals surface area contributed by atoms with Crippen molar-refractivity contribution in [2.75, 3.05) is 18.5 Å². The van der Waals surface area contributed by atoms with Gasteiger partial charge < -0.3 is 14.8 Å². The Labute approximate surface area is 178 Å². The SMILES string of the molecule is Cc1csc(-c2ccc(C(=O)Nc3cc(Cl)ccc3OCC3CCCO3)cc2)n1. The van der Waals surface area contributed by atoms with Crippen LogP contribution in [0.2, 0.25) is 5.02 Å². The van der Waals surface area contributed by atoms with Crippen LogP contribution in [0.15, 0.2) is 47.8 Å². The van der Waals surface area contributed by atoms with Crippen molar-refractivity contribution in [1.29, 1.82) is 0 Å². The highest BCUT2D eigenvalue weighted by Gasteiger charge is 2.18. The predicted molar refractivity (Wildman–Crippen MR) is 116 cm³/mol. The number of nitrogens with zero attached hydrogens (tertiary/aromatic N) is 1. The number of ether oxygens (including phenoxy) is 2. The van der Waals surface area contributed by atoms with E-state index in [1.54, 1.807) is 41.7 Å². The standard InChI is InChI=1S/C22H21ClN2O3S/c1-14-13-29-22(24-14)16-6-4-15(5-7-16)21(26)25-19-11-17(23)8-9-20(19)28-12-18-3-2-10-27-18/h4-9,11,13,18H,2-3,10,12H2,1H3,(H,25,26). The van der Waals surface area contributed by atoms with Gasteiger partial charge in [0.05, 0.1) is 11.8 Å². The Morgan fingerprint density at radius 2 is 2.14 bits per heavy atom. The lowest BCUT2D eigenvalue weighted by Gasteiger charge is -2.15. The zero-order valence-electron chi connectivity index (χ0n) is 16.0. The van der Waals surface area contributed by atoms with E-state index in [0.717, 1.165) is 35.7 Å². The number of halogens is 1. The Bertz CT molecular complexity index is 998. The Morgan fingerprint density at radius 3 is 2.83 bits per heavy atom. The Hall–Kier alpha value is -2.41. The molecular weight excluding hydrogens is 408 g/mol. The number of aryl methyl sites for hydroxylation is 1. The maximum atomic E-state index is 12.7. The van der Waals surface area contributed by atoms with Gasteiger partial charge in [0, 0.05) is 33.8 Å². The van der Waals surface area contributed by atoms with Crippen molar-refractivity contribution in [3.63, 3.8) is 0 Å². The van der Waals surface area contributed by atoms with Gasteiger partial charge in [0.1, 0.15) is 17.4 Å². The van der Waals surface area contributed by atoms with Gasteiger partial charge in [0.15, 0.2) is 0 Å². The van der Waals surface area contributed by atoms with Crippen LogP contribution in [0.4, 0.5) is 5.69 Å². The van der Waals surface area contributed by atoms with Crippen LogP contribution in [-0.2, 0) is 4.74 Å². The fraction of sp³-hybridized carbons (Fsp3) is 0.273. The van der Waals surface area contributed by atoms with Gasteiger partial charge in [0.25, 0.3) is 5.91 Å². The van der Waals surface area contributed by atoms with E-state index in [1.807, 2.05) is 24.4 Å². The minimum atomic E-state index is -0.226. The summed E-state index contributed by atoms with van der Waals surface area (Å²) >= 11 is 7.71. The van der Waals surface area contributed by atoms with Crippen LogP contribution < -0.4 is 10.1 Å². The number of rotatable bonds is 6. The molecule has 1 atom stereocenters. The average Bonchev–Trinajstić information content (AvgIpc) is 3.39. The largest absolute Gasteiger partial charge is 0.489 e. The van der Waals surface area contributed by atoms with E-state index in [9.17, 15) is 4.79 Å². The van der Waals surface area contributed by atoms with E-state index in [1.165, 1.54) is 0 Å². The molecule has 0 radical (unpaired) electrons. The lowest BCUT2D eigenvalue weighted by molar-refractivity contribution is 0.0682. The monoisotopic (exact) mass is 428 g/mol. The molecule has 1 amide bonds. The van der Waals surface area contributed by atoms with Crippen LogP contribution in [-0.4, -0.2) is 30.2 Å². The van der Waals surface area contributed by atoms with Crippen LogP contribution in [0.5, 0.6) is 5.75 Å². The van der Waals surface area contributed by atoms with Gasteiger partial charge in [-0.15, -0.1) is 11.3 Å². The van der Waals surface area contributed by atoms with Gasteiger partial charge >= 0.3 is 0 Å². The minimum absolute atomic E-state index is 0.0938. The average molecular weight is 429 g/mol. The van der Waals surface area contributed by atoms with E-state index in [0.29, 0.717) is 28.6 Å². The smallest absolute Gasteiger partial charge is 0.255 e. The number of nitrogens with one attached hydrogen (secondary N) is 1. The van der Waals surface area contributed by atoms with Gasteiger partial charge in [-0.1, -0.05) is 23.7 Å². The second kappa shape index (κ2) is 8.95. The third-order valence-corrected chi connectivity index (χ3v) is 5.90. The molecule has 1 unspecified atom stereocenters. The number of carbonyl (C=O) groups is 1. The van der Waals surface area contributed by atoms with Gasteiger partial charge in [-0.05, 0) is 50.1 Å². The van der Waals surface area contributed by atoms with Crippen LogP contribution >= 0.6 is 22.9 Å². The highest BCUT2D eigenvalue weighted by Crippen LogP contribution is 2.30. The van der Waals surface area contributed by atoms with E-state index < -0.39 is 0 Å². The normalized spacial score (nSPS) is 16.0. The molecule has 1 aliphatic heterocycles. The molecule has 0 aliphatic carbocycles. The summed E-state index contributed by atoms with van der Waals surface area (Å²) in [5.74, 6) is 0.351. The molecule has 3 aromatic rings. The lowest BCUT2D eigenvalue weighted by atomic mass is 10.1. The third-order valence-electron chi connectivity index (χ3n) is 4.65. The third kappa shape index (κ3) is 4.96. The molecule has 5 nitrogen and oxygen atoms in total. The molecular formula is C22H21ClN2O3S. The molecule has 0 spiro atoms. The first-order valence-corrected chi connectivity index (χ1v) is 10.7. The first-order chi connectivity index (χ1) is 14.1. The molecule has 29 heavy (non-hydrogen) atoms. The van der Waals surface area contributed by atoms with Crippen LogP contribution in [0.3, 0.4) is 0 Å². The summed E-state index contributed by atoms with van der Waals surface area (Å²) in [4.78, 5) is 17.2. The molecule has 4 rings (SSSR count). The van der Waals surface area contributed by atoms with E-state index in [2.05, 4.69) is 10.3 Å². The zero-order chi connectivity index (χ0) is 20.2. The summed E-state index contributed by atoms with van der Waals surface area (Å²) in [5.41, 5.74) is 3.07. The van der Waals surface area contributed by atoms with Gasteiger partial charge in [-0.25, -0.2) is 4.98 Å². The Kier molecular flexibility index (Phi) is 6.13. The lowest BCUT2D eigenvalue weighted by Crippen LogP contribution is -2.18. The van der Waals surface area contributed by atoms with Crippen LogP contribution in [0.1, 0.15) is 28.9 Å². The summed E-state index contributed by atoms with van der Waals surface area (Å²) in [6, 6.07) is 12.6. The summed E-state index contributed by atoms with van der Waals surface area (Å²) < 4.78 is 11.5. The number of thiazole rings is 1. The quantitative estimate of drug-likeness (QED) is 0.556. The molecule has 1 N–H and O–H groups in total. The van der Waals surface area contributed by atoms with E-state index in [4.69, 9.17) is 21.1 Å². The second-order valence-corrected chi connectivity index (χ2v) is 8.21. The molecule has 2 aromatic carbocycles. The summed E-state index contributed by atoms with van der Waals surface area (Å²) in [6.45, 7) is 3.19. The first-order valence-electron chi connectivity index (χ1n) is 9.46. The molecule has 7 heteroatoms. The molecule has 2 heterocycles. The predicted octanol–water partition coefficient (Wildman–Crippen LogP) is 5.58. The zero-order valence-corrected chi connectivity index (χ0v) is 17.6. The van der Waals surface area contributed by atoms with Gasteiger partial charge in [-0.2, -0.15) is 0 Å². The maximum Gasteiger partial charge on any atom is 0.255 e. The molecule has 1 fully saturated rings. The van der Waals surface area contributed by atoms with Crippen molar-refractivity contribution < 1.29 is 14.3 Å². The Balaban J connectivity index is 1.46. The van der Waals surface area contributed by atoms with E-state index >= 15 is 0 Å². The molecule has 150 valence electrons. The first kappa shape index (κ1) is 19.9. The maximum absolute atomic E-state index is 12.7. The molecule has 0 saturated carbocycles. The number of anilines is 1. The fourth-order valence-electron chi connectivity index (χ4n) is 3.13. The molecule has 0 bridgehead atoms. The molecule has 1 saturated heterocycles. The van der Waals surface area contributed by atoms with Crippen molar-refractivity contribution in [2.45, 2.75) is 25.9 Å². The van der Waals surface area contributed by atoms with Gasteiger partial charge in [-0.3, -0.25) is 4.79 Å². The van der Waals surface area contributed by atoms with Crippen molar-refractivity contribution in [3.8, 4) is 16.3 Å². The number of carbonyl (C=O) groups excluding carboxylic acids is 1. The molecule has 1 aromatic heterocycles. The number of amides is 1. The number of hydrogen-bond acceptors (Lipinski definition) is 5. The summed E-state index contributed by atoms with van der Waals surface area (Å²) in [7, 11) is 0. The molecule has 1 aliphatic rings. The van der Waals surface area contributed by atoms with Crippen molar-refractivity contribution >= 4 is 34.5 Å². The second-order valence-electron chi connectivity index (χ2n) is 6.91. The number of benzene rings is 2. The van der Waals surface area contributed by atoms with Crippen LogP contribution in [0.25, 0.3) is 10.6 Å². The van der Waals surface area contributed by atoms with Crippen molar-refractivity contribution in [3.05, 3.63) is 64.1 Å². The summed E-state index contributed by atoms with van der Waals surface area (Å²) in [6.07, 6.45) is 2.13. The van der Waals surface area contributed by atoms with Crippen molar-refractivity contribution in [1.82, 2.24) is 4.98 Å². The number of hydrogen-bond donors (Lipinski definition) is 1. The minimum Gasteiger partial charge on any atom is -0.489 e. The number of aromatic nitrogens is 1. The fourth-order valence-corrected chi connectivity index (χ4v) is 4.11. The summed E-state index contributed by atoms with van der Waals surface area (Å²) in [5, 5.41) is 6.38. The van der Waals surface area contributed by atoms with Gasteiger partial charge in [0.2, 0.25) is 0 Å². The van der Waals surface area contributed by atoms with Crippen LogP contribution in [0, 0.1) is 6.92 Å². The highest BCUT2D eigenvalue weighted by molar-refractivity contribution is 7.13. The Morgan fingerprint density at radius 1 is 1.31 bits per heavy atom. The highest BCUT2D eigenvalue weighted by atomic mass is 35.5.